The lowest BCUT2D eigenvalue weighted by atomic mass is 10.1. The number of alkyl halides is 3. The third kappa shape index (κ3) is 5.36. The third-order valence-electron chi connectivity index (χ3n) is 6.62. The molecule has 5 rings (SSSR count). The molecule has 1 N–H and O–H groups in total. The Labute approximate surface area is 229 Å². The first-order valence-electron chi connectivity index (χ1n) is 12.5. The summed E-state index contributed by atoms with van der Waals surface area (Å²) in [6.07, 6.45) is -4.53. The van der Waals surface area contributed by atoms with Crippen molar-refractivity contribution < 1.29 is 27.2 Å². The molecule has 2 aromatic heterocycles. The highest BCUT2D eigenvalue weighted by Crippen LogP contribution is 2.35. The van der Waals surface area contributed by atoms with Gasteiger partial charge in [0.15, 0.2) is 5.76 Å². The van der Waals surface area contributed by atoms with Crippen molar-refractivity contribution in [2.45, 2.75) is 33.6 Å². The van der Waals surface area contributed by atoms with E-state index in [2.05, 4.69) is 10.5 Å². The van der Waals surface area contributed by atoms with Crippen LogP contribution in [0.2, 0.25) is 0 Å². The fourth-order valence-electron chi connectivity index (χ4n) is 4.66. The fraction of sp³-hybridized carbons (Fsp3) is 0.161. The van der Waals surface area contributed by atoms with Crippen LogP contribution in [0.15, 0.2) is 89.5 Å². The molecule has 0 aliphatic heterocycles. The number of aryl methyl sites for hydroxylation is 2. The smallest absolute Gasteiger partial charge is 0.418 e. The van der Waals surface area contributed by atoms with Crippen molar-refractivity contribution >= 4 is 11.6 Å². The van der Waals surface area contributed by atoms with E-state index in [0.717, 1.165) is 17.2 Å². The highest BCUT2D eigenvalue weighted by Gasteiger charge is 2.34. The first kappa shape index (κ1) is 26.8. The molecule has 0 saturated heterocycles. The average molecular weight is 546 g/mol. The number of benzene rings is 3. The van der Waals surface area contributed by atoms with Crippen LogP contribution in [0.1, 0.15) is 38.6 Å². The first-order chi connectivity index (χ1) is 19.1. The minimum atomic E-state index is -4.53. The van der Waals surface area contributed by atoms with Gasteiger partial charge in [0.2, 0.25) is 0 Å². The zero-order valence-corrected chi connectivity index (χ0v) is 22.0. The van der Waals surface area contributed by atoms with Gasteiger partial charge in [0.1, 0.15) is 12.4 Å². The van der Waals surface area contributed by atoms with E-state index in [1.54, 1.807) is 50.2 Å². The van der Waals surface area contributed by atoms with E-state index in [9.17, 15) is 18.0 Å². The average Bonchev–Trinajstić information content (AvgIpc) is 3.45. The number of anilines is 1. The summed E-state index contributed by atoms with van der Waals surface area (Å²) < 4.78 is 54.0. The Bertz CT molecular complexity index is 1670. The summed E-state index contributed by atoms with van der Waals surface area (Å²) in [4.78, 5) is 13.2. The maximum atomic E-state index is 13.7. The molecule has 0 atom stereocenters. The summed E-state index contributed by atoms with van der Waals surface area (Å²) >= 11 is 0. The molecule has 5 aromatic rings. The lowest BCUT2D eigenvalue weighted by Crippen LogP contribution is -2.15. The Morgan fingerprint density at radius 2 is 1.68 bits per heavy atom. The lowest BCUT2D eigenvalue weighted by Gasteiger charge is -2.17. The molecule has 3 aromatic carbocycles. The molecular weight excluding hydrogens is 519 g/mol. The third-order valence-corrected chi connectivity index (χ3v) is 6.62. The Kier molecular flexibility index (Phi) is 7.21. The second-order valence-corrected chi connectivity index (χ2v) is 9.35. The number of para-hydroxylation sites is 1. The van der Waals surface area contributed by atoms with Crippen LogP contribution in [0.3, 0.4) is 0 Å². The van der Waals surface area contributed by atoms with Gasteiger partial charge in [0, 0.05) is 28.7 Å². The van der Waals surface area contributed by atoms with Crippen molar-refractivity contribution in [3.63, 3.8) is 0 Å². The molecule has 0 aliphatic carbocycles. The van der Waals surface area contributed by atoms with Crippen LogP contribution in [-0.2, 0) is 12.8 Å². The minimum Gasteiger partial charge on any atom is -0.489 e. The standard InChI is InChI=1S/C31H26F3N3O3/c1-19-16-25(21(3)37(19)28-15-8-7-14-27(28)31(32,33)34)30(38)35-23-12-9-13-24(17-23)39-18-26-20(2)36-40-29(26)22-10-5-4-6-11-22/h4-17H,18H2,1-3H3,(H,35,38). The van der Waals surface area contributed by atoms with Gasteiger partial charge in [0.05, 0.1) is 28.1 Å². The molecule has 2 heterocycles. The topological polar surface area (TPSA) is 69.3 Å². The van der Waals surface area contributed by atoms with Crippen molar-refractivity contribution in [1.82, 2.24) is 9.72 Å². The molecule has 0 aliphatic rings. The number of nitrogens with zero attached hydrogens (tertiary/aromatic N) is 2. The first-order valence-corrected chi connectivity index (χ1v) is 12.5. The van der Waals surface area contributed by atoms with Crippen LogP contribution in [0.4, 0.5) is 18.9 Å². The molecule has 1 amide bonds. The number of hydrogen-bond acceptors (Lipinski definition) is 4. The second kappa shape index (κ2) is 10.8. The summed E-state index contributed by atoms with van der Waals surface area (Å²) in [6, 6.07) is 23.4. The summed E-state index contributed by atoms with van der Waals surface area (Å²) in [5, 5.41) is 6.91. The maximum absolute atomic E-state index is 13.7. The maximum Gasteiger partial charge on any atom is 0.418 e. The number of nitrogens with one attached hydrogen (secondary N) is 1. The molecule has 0 fully saturated rings. The largest absolute Gasteiger partial charge is 0.489 e. The number of hydrogen-bond donors (Lipinski definition) is 1. The normalized spacial score (nSPS) is 11.4. The van der Waals surface area contributed by atoms with Gasteiger partial charge >= 0.3 is 6.18 Å². The molecule has 40 heavy (non-hydrogen) atoms. The molecule has 0 spiro atoms. The van der Waals surface area contributed by atoms with E-state index in [0.29, 0.717) is 34.3 Å². The molecular formula is C31H26F3N3O3. The predicted octanol–water partition coefficient (Wildman–Crippen LogP) is 7.91. The quantitative estimate of drug-likeness (QED) is 0.226. The zero-order valence-electron chi connectivity index (χ0n) is 22.0. The fourth-order valence-corrected chi connectivity index (χ4v) is 4.66. The monoisotopic (exact) mass is 545 g/mol. The Morgan fingerprint density at radius 1 is 0.950 bits per heavy atom. The lowest BCUT2D eigenvalue weighted by molar-refractivity contribution is -0.137. The summed E-state index contributed by atoms with van der Waals surface area (Å²) in [7, 11) is 0. The molecule has 0 radical (unpaired) electrons. The predicted molar refractivity (Wildman–Crippen MR) is 146 cm³/mol. The minimum absolute atomic E-state index is 0.0293. The Balaban J connectivity index is 1.34. The summed E-state index contributed by atoms with van der Waals surface area (Å²) in [5.41, 5.74) is 3.27. The van der Waals surface area contributed by atoms with E-state index in [4.69, 9.17) is 9.26 Å². The van der Waals surface area contributed by atoms with Crippen molar-refractivity contribution in [2.75, 3.05) is 5.32 Å². The summed E-state index contributed by atoms with van der Waals surface area (Å²) in [6.45, 7) is 5.34. The van der Waals surface area contributed by atoms with Gasteiger partial charge in [0.25, 0.3) is 5.91 Å². The van der Waals surface area contributed by atoms with E-state index < -0.39 is 17.6 Å². The number of ether oxygens (including phenoxy) is 1. The van der Waals surface area contributed by atoms with Gasteiger partial charge in [-0.2, -0.15) is 13.2 Å². The number of amides is 1. The Morgan fingerprint density at radius 3 is 2.42 bits per heavy atom. The van der Waals surface area contributed by atoms with Crippen LogP contribution in [0, 0.1) is 20.8 Å². The van der Waals surface area contributed by atoms with Gasteiger partial charge in [-0.3, -0.25) is 4.79 Å². The van der Waals surface area contributed by atoms with E-state index in [1.807, 2.05) is 37.3 Å². The van der Waals surface area contributed by atoms with Gasteiger partial charge < -0.3 is 19.1 Å². The van der Waals surface area contributed by atoms with Gasteiger partial charge in [-0.25, -0.2) is 0 Å². The second-order valence-electron chi connectivity index (χ2n) is 9.35. The van der Waals surface area contributed by atoms with E-state index in [-0.39, 0.29) is 17.9 Å². The number of aromatic nitrogens is 2. The molecule has 0 unspecified atom stereocenters. The highest BCUT2D eigenvalue weighted by atomic mass is 19.4. The van der Waals surface area contributed by atoms with E-state index >= 15 is 0 Å². The van der Waals surface area contributed by atoms with Crippen LogP contribution >= 0.6 is 0 Å². The Hall–Kier alpha value is -4.79. The molecule has 0 saturated carbocycles. The van der Waals surface area contributed by atoms with E-state index in [1.165, 1.54) is 16.7 Å². The number of carbonyl (C=O) groups is 1. The van der Waals surface area contributed by atoms with Crippen molar-refractivity contribution in [1.29, 1.82) is 0 Å². The van der Waals surface area contributed by atoms with Gasteiger partial charge in [-0.05, 0) is 51.1 Å². The zero-order chi connectivity index (χ0) is 28.4. The number of rotatable bonds is 7. The molecule has 6 nitrogen and oxygen atoms in total. The van der Waals surface area contributed by atoms with Crippen LogP contribution in [0.25, 0.3) is 17.0 Å². The SMILES string of the molecule is Cc1noc(-c2ccccc2)c1COc1cccc(NC(=O)c2cc(C)n(-c3ccccc3C(F)(F)F)c2C)c1. The van der Waals surface area contributed by atoms with Crippen molar-refractivity contribution in [2.24, 2.45) is 0 Å². The number of carbonyl (C=O) groups excluding carboxylic acids is 1. The highest BCUT2D eigenvalue weighted by molar-refractivity contribution is 6.05. The number of halogens is 3. The molecule has 204 valence electrons. The van der Waals surface area contributed by atoms with Gasteiger partial charge in [-0.15, -0.1) is 0 Å². The van der Waals surface area contributed by atoms with Crippen molar-refractivity contribution in [3.8, 4) is 22.8 Å². The van der Waals surface area contributed by atoms with Crippen molar-refractivity contribution in [3.05, 3.63) is 119 Å². The van der Waals surface area contributed by atoms with Gasteiger partial charge in [-0.1, -0.05) is 53.7 Å². The summed E-state index contributed by atoms with van der Waals surface area (Å²) in [5.74, 6) is 0.703. The van der Waals surface area contributed by atoms with Crippen LogP contribution in [-0.4, -0.2) is 15.6 Å². The van der Waals surface area contributed by atoms with Crippen LogP contribution in [0.5, 0.6) is 5.75 Å². The van der Waals surface area contributed by atoms with Crippen LogP contribution < -0.4 is 10.1 Å². The molecule has 0 bridgehead atoms. The molecule has 9 heteroatoms.